The molecule has 1 aliphatic heterocycles. The zero-order valence-corrected chi connectivity index (χ0v) is 16.5. The Labute approximate surface area is 176 Å². The molecule has 2 aromatic carbocycles. The molecule has 0 radical (unpaired) electrons. The molecule has 3 heterocycles. The fraction of sp³-hybridized carbons (Fsp3) is 0.174. The summed E-state index contributed by atoms with van der Waals surface area (Å²) in [4.78, 5) is 30.5. The van der Waals surface area contributed by atoms with Crippen LogP contribution in [0.2, 0.25) is 0 Å². The third-order valence-electron chi connectivity index (χ3n) is 5.73. The summed E-state index contributed by atoms with van der Waals surface area (Å²) in [5.41, 5.74) is 3.42. The van der Waals surface area contributed by atoms with Crippen LogP contribution in [0.4, 0.5) is 9.18 Å². The second-order valence-electron chi connectivity index (χ2n) is 7.56. The van der Waals surface area contributed by atoms with Gasteiger partial charge in [0.15, 0.2) is 5.65 Å². The van der Waals surface area contributed by atoms with E-state index in [4.69, 9.17) is 0 Å². The molecule has 1 amide bonds. The van der Waals surface area contributed by atoms with E-state index in [-0.39, 0.29) is 24.1 Å². The van der Waals surface area contributed by atoms with Crippen molar-refractivity contribution < 1.29 is 14.3 Å². The van der Waals surface area contributed by atoms with Crippen LogP contribution in [0.3, 0.4) is 0 Å². The Kier molecular flexibility index (Phi) is 4.54. The predicted molar refractivity (Wildman–Crippen MR) is 114 cm³/mol. The van der Waals surface area contributed by atoms with Gasteiger partial charge in [-0.05, 0) is 53.9 Å². The summed E-state index contributed by atoms with van der Waals surface area (Å²) < 4.78 is 16.4. The second kappa shape index (κ2) is 7.39. The number of carboxylic acid groups (broad SMARTS) is 1. The molecule has 1 saturated heterocycles. The van der Waals surface area contributed by atoms with Crippen LogP contribution < -0.4 is 5.69 Å². The largest absolute Gasteiger partial charge is 0.465 e. The van der Waals surface area contributed by atoms with Crippen molar-refractivity contribution in [2.75, 3.05) is 13.1 Å². The zero-order chi connectivity index (χ0) is 21.5. The third-order valence-corrected chi connectivity index (χ3v) is 5.73. The van der Waals surface area contributed by atoms with Crippen molar-refractivity contribution in [3.05, 3.63) is 83.2 Å². The summed E-state index contributed by atoms with van der Waals surface area (Å²) in [6, 6.07) is 17.0. The number of halogens is 1. The van der Waals surface area contributed by atoms with Crippen LogP contribution in [0.5, 0.6) is 0 Å². The maximum absolute atomic E-state index is 13.4. The first-order valence-corrected chi connectivity index (χ1v) is 9.95. The van der Waals surface area contributed by atoms with Gasteiger partial charge in [-0.3, -0.25) is 9.13 Å². The quantitative estimate of drug-likeness (QED) is 0.547. The highest BCUT2D eigenvalue weighted by molar-refractivity contribution is 5.75. The van der Waals surface area contributed by atoms with Gasteiger partial charge in [-0.1, -0.05) is 24.3 Å². The molecule has 1 N–H and O–H groups in total. The Morgan fingerprint density at radius 3 is 2.35 bits per heavy atom. The first-order chi connectivity index (χ1) is 15.0. The van der Waals surface area contributed by atoms with Crippen LogP contribution >= 0.6 is 0 Å². The molecule has 1 fully saturated rings. The number of hydrogen-bond donors (Lipinski definition) is 1. The van der Waals surface area contributed by atoms with E-state index >= 15 is 0 Å². The van der Waals surface area contributed by atoms with Gasteiger partial charge in [0.1, 0.15) is 5.82 Å². The van der Waals surface area contributed by atoms with Crippen molar-refractivity contribution in [3.63, 3.8) is 0 Å². The number of imidazole rings is 1. The highest BCUT2D eigenvalue weighted by atomic mass is 19.1. The van der Waals surface area contributed by atoms with Gasteiger partial charge in [0.05, 0.1) is 17.2 Å². The summed E-state index contributed by atoms with van der Waals surface area (Å²) in [6.07, 6.45) is 1.21. The standard InChI is InChI=1S/C23H19FN4O3/c24-17-7-3-15(4-8-17)16-5-9-18(10-6-16)27-20-2-1-12-25-21(20)28(22(27)29)19-11-13-26(14-19)23(30)31/h1-10,12,19H,11,13-14H2,(H,30,31)/t19-/m0/s1. The topological polar surface area (TPSA) is 80.4 Å². The molecule has 1 aliphatic rings. The van der Waals surface area contributed by atoms with Crippen LogP contribution in [0.25, 0.3) is 28.0 Å². The van der Waals surface area contributed by atoms with Crippen molar-refractivity contribution in [2.45, 2.75) is 12.5 Å². The van der Waals surface area contributed by atoms with Gasteiger partial charge in [0, 0.05) is 19.3 Å². The molecule has 0 unspecified atom stereocenters. The van der Waals surface area contributed by atoms with Gasteiger partial charge in [-0.15, -0.1) is 0 Å². The molecule has 156 valence electrons. The lowest BCUT2D eigenvalue weighted by Crippen LogP contribution is -2.31. The van der Waals surface area contributed by atoms with Gasteiger partial charge in [-0.2, -0.15) is 0 Å². The van der Waals surface area contributed by atoms with Gasteiger partial charge < -0.3 is 10.0 Å². The predicted octanol–water partition coefficient (Wildman–Crippen LogP) is 3.92. The lowest BCUT2D eigenvalue weighted by Gasteiger charge is -2.13. The molecule has 7 nitrogen and oxygen atoms in total. The van der Waals surface area contributed by atoms with E-state index in [2.05, 4.69) is 4.98 Å². The summed E-state index contributed by atoms with van der Waals surface area (Å²) in [7, 11) is 0. The van der Waals surface area contributed by atoms with Gasteiger partial charge in [-0.25, -0.2) is 19.0 Å². The number of aromatic nitrogens is 3. The average Bonchev–Trinajstić information content (AvgIpc) is 3.37. The highest BCUT2D eigenvalue weighted by Crippen LogP contribution is 2.26. The Hall–Kier alpha value is -3.94. The number of amides is 1. The van der Waals surface area contributed by atoms with E-state index in [1.165, 1.54) is 17.0 Å². The van der Waals surface area contributed by atoms with Crippen molar-refractivity contribution in [3.8, 4) is 16.8 Å². The number of fused-ring (bicyclic) bond motifs is 1. The lowest BCUT2D eigenvalue weighted by atomic mass is 10.1. The average molecular weight is 418 g/mol. The molecule has 8 heteroatoms. The van der Waals surface area contributed by atoms with Crippen molar-refractivity contribution >= 4 is 17.3 Å². The molecule has 5 rings (SSSR count). The molecule has 0 bridgehead atoms. The Morgan fingerprint density at radius 1 is 1.03 bits per heavy atom. The summed E-state index contributed by atoms with van der Waals surface area (Å²) in [5.74, 6) is -0.291. The molecular formula is C23H19FN4O3. The zero-order valence-electron chi connectivity index (χ0n) is 16.5. The number of likely N-dealkylation sites (tertiary alicyclic amines) is 1. The fourth-order valence-corrected chi connectivity index (χ4v) is 4.20. The number of rotatable bonds is 3. The minimum Gasteiger partial charge on any atom is -0.465 e. The maximum Gasteiger partial charge on any atom is 0.407 e. The molecule has 0 aliphatic carbocycles. The molecule has 0 spiro atoms. The molecule has 31 heavy (non-hydrogen) atoms. The van der Waals surface area contributed by atoms with E-state index in [1.54, 1.807) is 33.5 Å². The van der Waals surface area contributed by atoms with E-state index in [0.717, 1.165) is 11.1 Å². The van der Waals surface area contributed by atoms with E-state index in [1.807, 2.05) is 30.3 Å². The third kappa shape index (κ3) is 3.26. The Bertz CT molecular complexity index is 1330. The smallest absolute Gasteiger partial charge is 0.407 e. The molecule has 4 aromatic rings. The summed E-state index contributed by atoms with van der Waals surface area (Å²) in [5, 5.41) is 9.28. The number of pyridine rings is 1. The van der Waals surface area contributed by atoms with Crippen molar-refractivity contribution in [1.29, 1.82) is 0 Å². The summed E-state index contributed by atoms with van der Waals surface area (Å²) >= 11 is 0. The van der Waals surface area contributed by atoms with Crippen molar-refractivity contribution in [1.82, 2.24) is 19.0 Å². The van der Waals surface area contributed by atoms with E-state index in [9.17, 15) is 19.1 Å². The molecular weight excluding hydrogens is 399 g/mol. The Balaban J connectivity index is 1.58. The Morgan fingerprint density at radius 2 is 1.71 bits per heavy atom. The van der Waals surface area contributed by atoms with Crippen LogP contribution in [0.15, 0.2) is 71.7 Å². The van der Waals surface area contributed by atoms with Gasteiger partial charge >= 0.3 is 11.8 Å². The minimum absolute atomic E-state index is 0.250. The van der Waals surface area contributed by atoms with E-state index < -0.39 is 6.09 Å². The highest BCUT2D eigenvalue weighted by Gasteiger charge is 2.31. The van der Waals surface area contributed by atoms with Crippen LogP contribution in [0.1, 0.15) is 12.5 Å². The second-order valence-corrected chi connectivity index (χ2v) is 7.56. The monoisotopic (exact) mass is 418 g/mol. The summed E-state index contributed by atoms with van der Waals surface area (Å²) in [6.45, 7) is 0.646. The van der Waals surface area contributed by atoms with E-state index in [0.29, 0.717) is 29.8 Å². The number of hydrogen-bond acceptors (Lipinski definition) is 3. The van der Waals surface area contributed by atoms with Gasteiger partial charge in [0.25, 0.3) is 0 Å². The molecule has 0 saturated carbocycles. The normalized spacial score (nSPS) is 16.2. The lowest BCUT2D eigenvalue weighted by molar-refractivity contribution is 0.154. The fourth-order valence-electron chi connectivity index (χ4n) is 4.20. The number of carbonyl (C=O) groups is 1. The molecule has 2 aromatic heterocycles. The maximum atomic E-state index is 13.4. The minimum atomic E-state index is -0.983. The van der Waals surface area contributed by atoms with Crippen LogP contribution in [0, 0.1) is 5.82 Å². The first kappa shape index (κ1) is 19.0. The van der Waals surface area contributed by atoms with Crippen molar-refractivity contribution in [2.24, 2.45) is 0 Å². The van der Waals surface area contributed by atoms with Crippen LogP contribution in [-0.2, 0) is 0 Å². The number of nitrogens with zero attached hydrogens (tertiary/aromatic N) is 4. The first-order valence-electron chi connectivity index (χ1n) is 9.95. The van der Waals surface area contributed by atoms with Gasteiger partial charge in [0.2, 0.25) is 0 Å². The molecule has 1 atom stereocenters. The number of benzene rings is 2. The van der Waals surface area contributed by atoms with Crippen LogP contribution in [-0.4, -0.2) is 43.3 Å². The SMILES string of the molecule is O=C(O)N1CC[C@H](n2c(=O)n(-c3ccc(-c4ccc(F)cc4)cc3)c3cccnc32)C1.